The lowest BCUT2D eigenvalue weighted by Crippen LogP contribution is -2.41. The van der Waals surface area contributed by atoms with Gasteiger partial charge < -0.3 is 5.32 Å². The molecule has 1 unspecified atom stereocenters. The van der Waals surface area contributed by atoms with Crippen molar-refractivity contribution >= 4 is 10.0 Å². The average molecular weight is 250 g/mol. The Balaban J connectivity index is 3.91. The van der Waals surface area contributed by atoms with Gasteiger partial charge in [0, 0.05) is 19.1 Å². The van der Waals surface area contributed by atoms with Crippen molar-refractivity contribution in [3.05, 3.63) is 0 Å². The maximum Gasteiger partial charge on any atom is 0.215 e. The Hall–Kier alpha value is -0.130. The Bertz CT molecular complexity index is 263. The summed E-state index contributed by atoms with van der Waals surface area (Å²) >= 11 is 0. The molecule has 0 aliphatic heterocycles. The van der Waals surface area contributed by atoms with E-state index in [1.54, 1.807) is 6.92 Å². The van der Waals surface area contributed by atoms with Crippen LogP contribution in [0.2, 0.25) is 0 Å². The molecule has 16 heavy (non-hydrogen) atoms. The standard InChI is InChI=1S/C11H26N2O2S/c1-5-6-7-8-13-16(14,15)11(4)9-12-10(2)3/h10-13H,5-9H2,1-4H3. The molecule has 5 heteroatoms. The van der Waals surface area contributed by atoms with E-state index in [4.69, 9.17) is 0 Å². The molecule has 0 rings (SSSR count). The molecule has 1 atom stereocenters. The van der Waals surface area contributed by atoms with Crippen molar-refractivity contribution in [2.45, 2.75) is 58.2 Å². The van der Waals surface area contributed by atoms with Crippen LogP contribution in [0.4, 0.5) is 0 Å². The summed E-state index contributed by atoms with van der Waals surface area (Å²) in [5.41, 5.74) is 0. The topological polar surface area (TPSA) is 58.2 Å². The third-order valence-electron chi connectivity index (χ3n) is 2.43. The van der Waals surface area contributed by atoms with Crippen LogP contribution in [-0.4, -0.2) is 32.8 Å². The van der Waals surface area contributed by atoms with E-state index in [1.165, 1.54) is 0 Å². The van der Waals surface area contributed by atoms with Crippen LogP contribution in [0.25, 0.3) is 0 Å². The Labute approximate surface area is 100 Å². The van der Waals surface area contributed by atoms with Gasteiger partial charge in [-0.3, -0.25) is 0 Å². The molecule has 0 aliphatic carbocycles. The summed E-state index contributed by atoms with van der Waals surface area (Å²) in [6.45, 7) is 8.91. The molecule has 0 aromatic rings. The van der Waals surface area contributed by atoms with Gasteiger partial charge in [0.1, 0.15) is 0 Å². The number of unbranched alkanes of at least 4 members (excludes halogenated alkanes) is 2. The first kappa shape index (κ1) is 15.9. The molecule has 0 aromatic heterocycles. The Morgan fingerprint density at radius 2 is 1.75 bits per heavy atom. The first-order chi connectivity index (χ1) is 7.40. The van der Waals surface area contributed by atoms with E-state index in [1.807, 2.05) is 13.8 Å². The molecule has 0 amide bonds. The van der Waals surface area contributed by atoms with Gasteiger partial charge in [0.2, 0.25) is 10.0 Å². The van der Waals surface area contributed by atoms with Crippen LogP contribution in [0.15, 0.2) is 0 Å². The van der Waals surface area contributed by atoms with Crippen LogP contribution in [-0.2, 0) is 10.0 Å². The van der Waals surface area contributed by atoms with E-state index in [2.05, 4.69) is 17.0 Å². The van der Waals surface area contributed by atoms with Gasteiger partial charge in [0.05, 0.1) is 5.25 Å². The van der Waals surface area contributed by atoms with Gasteiger partial charge in [-0.15, -0.1) is 0 Å². The molecule has 0 heterocycles. The largest absolute Gasteiger partial charge is 0.313 e. The molecule has 0 saturated carbocycles. The van der Waals surface area contributed by atoms with Crippen molar-refractivity contribution < 1.29 is 8.42 Å². The zero-order valence-electron chi connectivity index (χ0n) is 10.9. The minimum absolute atomic E-state index is 0.317. The van der Waals surface area contributed by atoms with Crippen molar-refractivity contribution in [2.24, 2.45) is 0 Å². The van der Waals surface area contributed by atoms with E-state index in [0.717, 1.165) is 19.3 Å². The third kappa shape index (κ3) is 7.19. The lowest BCUT2D eigenvalue weighted by atomic mass is 10.3. The number of sulfonamides is 1. The number of rotatable bonds is 9. The van der Waals surface area contributed by atoms with Gasteiger partial charge in [0.15, 0.2) is 0 Å². The Kier molecular flexibility index (Phi) is 7.97. The maximum atomic E-state index is 11.8. The fourth-order valence-electron chi connectivity index (χ4n) is 1.24. The van der Waals surface area contributed by atoms with Gasteiger partial charge in [-0.05, 0) is 13.3 Å². The van der Waals surface area contributed by atoms with Crippen LogP contribution >= 0.6 is 0 Å². The molecule has 98 valence electrons. The van der Waals surface area contributed by atoms with Gasteiger partial charge in [-0.25, -0.2) is 13.1 Å². The predicted molar refractivity (Wildman–Crippen MR) is 69.0 cm³/mol. The second-order valence-corrected chi connectivity index (χ2v) is 6.70. The van der Waals surface area contributed by atoms with Crippen molar-refractivity contribution in [2.75, 3.05) is 13.1 Å². The second-order valence-electron chi connectivity index (χ2n) is 4.52. The van der Waals surface area contributed by atoms with E-state index >= 15 is 0 Å². The summed E-state index contributed by atoms with van der Waals surface area (Å²) < 4.78 is 26.2. The monoisotopic (exact) mass is 250 g/mol. The first-order valence-electron chi connectivity index (χ1n) is 6.12. The minimum Gasteiger partial charge on any atom is -0.313 e. The van der Waals surface area contributed by atoms with Gasteiger partial charge in [-0.2, -0.15) is 0 Å². The van der Waals surface area contributed by atoms with Crippen molar-refractivity contribution in [3.63, 3.8) is 0 Å². The van der Waals surface area contributed by atoms with Crippen LogP contribution in [0.3, 0.4) is 0 Å². The van der Waals surface area contributed by atoms with Gasteiger partial charge in [0.25, 0.3) is 0 Å². The molecule has 0 radical (unpaired) electrons. The van der Waals surface area contributed by atoms with Crippen LogP contribution in [0, 0.1) is 0 Å². The van der Waals surface area contributed by atoms with E-state index in [9.17, 15) is 8.42 Å². The molecule has 0 aromatic carbocycles. The number of nitrogens with one attached hydrogen (secondary N) is 2. The SMILES string of the molecule is CCCCCNS(=O)(=O)C(C)CNC(C)C. The minimum atomic E-state index is -3.15. The van der Waals surface area contributed by atoms with Gasteiger partial charge in [-0.1, -0.05) is 33.6 Å². The highest BCUT2D eigenvalue weighted by atomic mass is 32.2. The second kappa shape index (κ2) is 8.03. The van der Waals surface area contributed by atoms with E-state index in [0.29, 0.717) is 19.1 Å². The predicted octanol–water partition coefficient (Wildman–Crippen LogP) is 1.48. The van der Waals surface area contributed by atoms with E-state index in [-0.39, 0.29) is 5.25 Å². The first-order valence-corrected chi connectivity index (χ1v) is 7.66. The van der Waals surface area contributed by atoms with Crippen molar-refractivity contribution in [1.29, 1.82) is 0 Å². The molecule has 2 N–H and O–H groups in total. The molecule has 0 bridgehead atoms. The molecule has 0 fully saturated rings. The quantitative estimate of drug-likeness (QED) is 0.609. The van der Waals surface area contributed by atoms with Crippen LogP contribution < -0.4 is 10.0 Å². The summed E-state index contributed by atoms with van der Waals surface area (Å²) in [4.78, 5) is 0. The molecule has 0 saturated heterocycles. The van der Waals surface area contributed by atoms with Crippen molar-refractivity contribution in [1.82, 2.24) is 10.0 Å². The molecule has 4 nitrogen and oxygen atoms in total. The summed E-state index contributed by atoms with van der Waals surface area (Å²) in [6.07, 6.45) is 3.09. The zero-order chi connectivity index (χ0) is 12.6. The third-order valence-corrected chi connectivity index (χ3v) is 4.26. The average Bonchev–Trinajstić information content (AvgIpc) is 2.20. The summed E-state index contributed by atoms with van der Waals surface area (Å²) in [7, 11) is -3.15. The molecular formula is C11H26N2O2S. The smallest absolute Gasteiger partial charge is 0.215 e. The normalized spacial score (nSPS) is 14.3. The molecular weight excluding hydrogens is 224 g/mol. The number of hydrogen-bond donors (Lipinski definition) is 2. The Morgan fingerprint density at radius 3 is 2.25 bits per heavy atom. The summed E-state index contributed by atoms with van der Waals surface area (Å²) in [5.74, 6) is 0. The van der Waals surface area contributed by atoms with Gasteiger partial charge >= 0.3 is 0 Å². The molecule has 0 aliphatic rings. The highest BCUT2D eigenvalue weighted by molar-refractivity contribution is 7.90. The highest BCUT2D eigenvalue weighted by Gasteiger charge is 2.19. The highest BCUT2D eigenvalue weighted by Crippen LogP contribution is 1.99. The molecule has 0 spiro atoms. The zero-order valence-corrected chi connectivity index (χ0v) is 11.7. The maximum absolute atomic E-state index is 11.8. The van der Waals surface area contributed by atoms with E-state index < -0.39 is 10.0 Å². The lowest BCUT2D eigenvalue weighted by molar-refractivity contribution is 0.538. The summed E-state index contributed by atoms with van der Waals surface area (Å²) in [5, 5.41) is 2.76. The Morgan fingerprint density at radius 1 is 1.12 bits per heavy atom. The number of hydrogen-bond acceptors (Lipinski definition) is 3. The fourth-order valence-corrected chi connectivity index (χ4v) is 2.27. The lowest BCUT2D eigenvalue weighted by Gasteiger charge is -2.16. The van der Waals surface area contributed by atoms with Crippen LogP contribution in [0.1, 0.15) is 47.0 Å². The fraction of sp³-hybridized carbons (Fsp3) is 1.00. The van der Waals surface area contributed by atoms with Crippen molar-refractivity contribution in [3.8, 4) is 0 Å². The van der Waals surface area contributed by atoms with Crippen LogP contribution in [0.5, 0.6) is 0 Å². The summed E-state index contributed by atoms with van der Waals surface area (Å²) in [6, 6.07) is 0.317.